The number of aliphatic hydroxyl groups is 1. The van der Waals surface area contributed by atoms with Gasteiger partial charge in [-0.1, -0.05) is 37.3 Å². The first-order valence-corrected chi connectivity index (χ1v) is 6.97. The van der Waals surface area contributed by atoms with Gasteiger partial charge in [-0.2, -0.15) is 0 Å². The number of hydrogen-bond acceptors (Lipinski definition) is 4. The van der Waals surface area contributed by atoms with Gasteiger partial charge in [0.05, 0.1) is 12.7 Å². The van der Waals surface area contributed by atoms with Crippen molar-refractivity contribution < 1.29 is 14.6 Å². The van der Waals surface area contributed by atoms with Crippen LogP contribution in [0.1, 0.15) is 25.3 Å². The van der Waals surface area contributed by atoms with Gasteiger partial charge in [0.2, 0.25) is 5.91 Å². The minimum Gasteiger partial charge on any atom is -0.391 e. The lowest BCUT2D eigenvalue weighted by molar-refractivity contribution is -0.126. The summed E-state index contributed by atoms with van der Waals surface area (Å²) in [5.74, 6) is 4.59. The summed E-state index contributed by atoms with van der Waals surface area (Å²) in [6, 6.07) is 9.68. The third kappa shape index (κ3) is 6.14. The van der Waals surface area contributed by atoms with Crippen LogP contribution in [0.2, 0.25) is 0 Å². The van der Waals surface area contributed by atoms with E-state index in [1.54, 1.807) is 0 Å². The Kier molecular flexibility index (Phi) is 7.87. The molecular weight excluding hydrogens is 256 g/mol. The summed E-state index contributed by atoms with van der Waals surface area (Å²) in [7, 11) is 0. The molecule has 0 aromatic heterocycles. The van der Waals surface area contributed by atoms with Gasteiger partial charge in [0.1, 0.15) is 0 Å². The molecule has 0 saturated heterocycles. The normalized spacial score (nSPS) is 13.8. The molecule has 1 rings (SSSR count). The minimum absolute atomic E-state index is 0.247. The van der Waals surface area contributed by atoms with E-state index < -0.39 is 6.10 Å². The van der Waals surface area contributed by atoms with Gasteiger partial charge in [0, 0.05) is 12.5 Å². The maximum atomic E-state index is 11.8. The molecule has 0 aliphatic rings. The standard InChI is InChI=1S/C15H24N2O3/c1-2-8-20-11-14(18)10-13(15(19)17-16)9-12-6-4-3-5-7-12/h3-7,13-14,18H,2,8-11,16H2,1H3,(H,17,19)/t13-,14-/m1/s1. The van der Waals surface area contributed by atoms with Crippen LogP contribution >= 0.6 is 0 Å². The Balaban J connectivity index is 2.54. The number of amides is 1. The lowest BCUT2D eigenvalue weighted by Crippen LogP contribution is -2.38. The van der Waals surface area contributed by atoms with Gasteiger partial charge in [-0.25, -0.2) is 5.84 Å². The predicted octanol–water partition coefficient (Wildman–Crippen LogP) is 1.01. The third-order valence-electron chi connectivity index (χ3n) is 3.05. The number of benzene rings is 1. The van der Waals surface area contributed by atoms with E-state index in [4.69, 9.17) is 10.6 Å². The van der Waals surface area contributed by atoms with E-state index in [9.17, 15) is 9.90 Å². The zero-order valence-corrected chi connectivity index (χ0v) is 11.9. The number of rotatable bonds is 9. The molecule has 0 fully saturated rings. The Hall–Kier alpha value is -1.43. The summed E-state index contributed by atoms with van der Waals surface area (Å²) in [6.07, 6.45) is 1.13. The average molecular weight is 280 g/mol. The number of hydrogen-bond donors (Lipinski definition) is 3. The van der Waals surface area contributed by atoms with Gasteiger partial charge in [-0.05, 0) is 24.8 Å². The highest BCUT2D eigenvalue weighted by Gasteiger charge is 2.22. The molecule has 2 atom stereocenters. The summed E-state index contributed by atoms with van der Waals surface area (Å²) < 4.78 is 5.30. The molecule has 112 valence electrons. The smallest absolute Gasteiger partial charge is 0.237 e. The van der Waals surface area contributed by atoms with Gasteiger partial charge in [0.15, 0.2) is 0 Å². The molecule has 4 N–H and O–H groups in total. The number of nitrogens with two attached hydrogens (primary N) is 1. The fourth-order valence-electron chi connectivity index (χ4n) is 2.06. The molecule has 1 aromatic rings. The van der Waals surface area contributed by atoms with E-state index in [0.29, 0.717) is 19.4 Å². The number of carbonyl (C=O) groups excluding carboxylic acids is 1. The molecule has 5 nitrogen and oxygen atoms in total. The number of hydrazine groups is 1. The SMILES string of the molecule is CCCOC[C@H](O)C[C@@H](Cc1ccccc1)C(=O)NN. The Labute approximate surface area is 120 Å². The van der Waals surface area contributed by atoms with Crippen molar-refractivity contribution in [3.8, 4) is 0 Å². The number of aliphatic hydroxyl groups excluding tert-OH is 1. The van der Waals surface area contributed by atoms with Crippen LogP contribution in [-0.2, 0) is 16.0 Å². The van der Waals surface area contributed by atoms with Crippen LogP contribution in [-0.4, -0.2) is 30.3 Å². The lowest BCUT2D eigenvalue weighted by Gasteiger charge is -2.19. The molecule has 1 amide bonds. The molecule has 0 aliphatic heterocycles. The zero-order chi connectivity index (χ0) is 14.8. The summed E-state index contributed by atoms with van der Waals surface area (Å²) in [5, 5.41) is 9.92. The van der Waals surface area contributed by atoms with Crippen LogP contribution in [0.15, 0.2) is 30.3 Å². The van der Waals surface area contributed by atoms with Gasteiger partial charge < -0.3 is 9.84 Å². The molecule has 0 unspecified atom stereocenters. The summed E-state index contributed by atoms with van der Waals surface area (Å²) in [4.78, 5) is 11.8. The predicted molar refractivity (Wildman–Crippen MR) is 77.7 cm³/mol. The van der Waals surface area contributed by atoms with E-state index in [2.05, 4.69) is 5.43 Å². The summed E-state index contributed by atoms with van der Waals surface area (Å²) in [6.45, 7) is 2.87. The van der Waals surface area contributed by atoms with E-state index in [1.165, 1.54) is 0 Å². The molecule has 0 spiro atoms. The first-order chi connectivity index (χ1) is 9.67. The number of nitrogens with one attached hydrogen (secondary N) is 1. The highest BCUT2D eigenvalue weighted by molar-refractivity contribution is 5.78. The highest BCUT2D eigenvalue weighted by atomic mass is 16.5. The quantitative estimate of drug-likeness (QED) is 0.273. The van der Waals surface area contributed by atoms with Crippen LogP contribution in [0.5, 0.6) is 0 Å². The maximum Gasteiger partial charge on any atom is 0.237 e. The molecule has 0 heterocycles. The number of carbonyl (C=O) groups is 1. The Morgan fingerprint density at radius 1 is 1.40 bits per heavy atom. The summed E-state index contributed by atoms with van der Waals surface area (Å²) >= 11 is 0. The van der Waals surface area contributed by atoms with Crippen LogP contribution in [0.25, 0.3) is 0 Å². The van der Waals surface area contributed by atoms with Gasteiger partial charge in [0.25, 0.3) is 0 Å². The average Bonchev–Trinajstić information content (AvgIpc) is 2.47. The Morgan fingerprint density at radius 3 is 2.70 bits per heavy atom. The fourth-order valence-corrected chi connectivity index (χ4v) is 2.06. The van der Waals surface area contributed by atoms with Crippen molar-refractivity contribution >= 4 is 5.91 Å². The second-order valence-corrected chi connectivity index (χ2v) is 4.86. The lowest BCUT2D eigenvalue weighted by atomic mass is 9.93. The van der Waals surface area contributed by atoms with Crippen LogP contribution in [0.4, 0.5) is 0 Å². The van der Waals surface area contributed by atoms with Crippen molar-refractivity contribution in [2.24, 2.45) is 11.8 Å². The third-order valence-corrected chi connectivity index (χ3v) is 3.05. The van der Waals surface area contributed by atoms with Crippen molar-refractivity contribution in [3.63, 3.8) is 0 Å². The van der Waals surface area contributed by atoms with Crippen molar-refractivity contribution in [2.45, 2.75) is 32.3 Å². The monoisotopic (exact) mass is 280 g/mol. The second kappa shape index (κ2) is 9.47. The van der Waals surface area contributed by atoms with Crippen LogP contribution in [0, 0.1) is 5.92 Å². The molecule has 0 radical (unpaired) electrons. The topological polar surface area (TPSA) is 84.6 Å². The van der Waals surface area contributed by atoms with E-state index in [-0.39, 0.29) is 18.4 Å². The van der Waals surface area contributed by atoms with Crippen molar-refractivity contribution in [1.29, 1.82) is 0 Å². The van der Waals surface area contributed by atoms with Gasteiger partial charge in [-0.15, -0.1) is 0 Å². The van der Waals surface area contributed by atoms with E-state index >= 15 is 0 Å². The molecule has 5 heteroatoms. The highest BCUT2D eigenvalue weighted by Crippen LogP contribution is 2.15. The maximum absolute atomic E-state index is 11.8. The molecular formula is C15H24N2O3. The van der Waals surface area contributed by atoms with E-state index in [0.717, 1.165) is 12.0 Å². The number of ether oxygens (including phenoxy) is 1. The Morgan fingerprint density at radius 2 is 2.10 bits per heavy atom. The zero-order valence-electron chi connectivity index (χ0n) is 11.9. The molecule has 20 heavy (non-hydrogen) atoms. The second-order valence-electron chi connectivity index (χ2n) is 4.86. The van der Waals surface area contributed by atoms with Crippen LogP contribution in [0.3, 0.4) is 0 Å². The fraction of sp³-hybridized carbons (Fsp3) is 0.533. The van der Waals surface area contributed by atoms with Gasteiger partial charge in [-0.3, -0.25) is 10.2 Å². The van der Waals surface area contributed by atoms with E-state index in [1.807, 2.05) is 37.3 Å². The summed E-state index contributed by atoms with van der Waals surface area (Å²) in [5.41, 5.74) is 3.21. The van der Waals surface area contributed by atoms with Crippen molar-refractivity contribution in [3.05, 3.63) is 35.9 Å². The van der Waals surface area contributed by atoms with Gasteiger partial charge >= 0.3 is 0 Å². The molecule has 0 aliphatic carbocycles. The first kappa shape index (κ1) is 16.6. The molecule has 0 saturated carbocycles. The molecule has 0 bridgehead atoms. The first-order valence-electron chi connectivity index (χ1n) is 6.97. The largest absolute Gasteiger partial charge is 0.391 e. The molecule has 1 aromatic carbocycles. The minimum atomic E-state index is -0.660. The van der Waals surface area contributed by atoms with Crippen molar-refractivity contribution in [1.82, 2.24) is 5.43 Å². The Bertz CT molecular complexity index is 384. The van der Waals surface area contributed by atoms with Crippen LogP contribution < -0.4 is 11.3 Å². The van der Waals surface area contributed by atoms with Crippen molar-refractivity contribution in [2.75, 3.05) is 13.2 Å².